The van der Waals surface area contributed by atoms with Crippen LogP contribution in [0.1, 0.15) is 5.56 Å². The number of carbonyl (C=O) groups excluding carboxylic acids is 1. The SMILES string of the molecule is COc1ccccc1OCC(=O)OCc1cc(Cl)c2c(c1)OCO2. The van der Waals surface area contributed by atoms with Crippen LogP contribution in [0.15, 0.2) is 36.4 Å². The van der Waals surface area contributed by atoms with Crippen molar-refractivity contribution < 1.29 is 28.5 Å². The molecule has 0 unspecified atom stereocenters. The quantitative estimate of drug-likeness (QED) is 0.745. The zero-order valence-corrected chi connectivity index (χ0v) is 13.7. The van der Waals surface area contributed by atoms with Crippen molar-refractivity contribution in [3.05, 3.63) is 47.0 Å². The Kier molecular flexibility index (Phi) is 4.96. The second-order valence-corrected chi connectivity index (χ2v) is 5.32. The summed E-state index contributed by atoms with van der Waals surface area (Å²) in [5.41, 5.74) is 0.704. The molecule has 0 aromatic heterocycles. The number of para-hydroxylation sites is 2. The maximum absolute atomic E-state index is 11.8. The Bertz CT molecular complexity index is 746. The number of hydrogen-bond donors (Lipinski definition) is 0. The standard InChI is InChI=1S/C17H15ClO6/c1-20-13-4-2-3-5-14(13)21-9-16(19)22-8-11-6-12(18)17-15(7-11)23-10-24-17/h2-7H,8-10H2,1H3. The maximum Gasteiger partial charge on any atom is 0.344 e. The van der Waals surface area contributed by atoms with Gasteiger partial charge in [-0.1, -0.05) is 23.7 Å². The van der Waals surface area contributed by atoms with Crippen LogP contribution in [-0.2, 0) is 16.1 Å². The summed E-state index contributed by atoms with van der Waals surface area (Å²) in [4.78, 5) is 11.8. The van der Waals surface area contributed by atoms with Gasteiger partial charge in [0.05, 0.1) is 12.1 Å². The van der Waals surface area contributed by atoms with E-state index in [0.29, 0.717) is 33.6 Å². The lowest BCUT2D eigenvalue weighted by Gasteiger charge is -2.10. The van der Waals surface area contributed by atoms with Crippen LogP contribution in [-0.4, -0.2) is 26.5 Å². The fraction of sp³-hybridized carbons (Fsp3) is 0.235. The molecule has 24 heavy (non-hydrogen) atoms. The summed E-state index contributed by atoms with van der Waals surface area (Å²) in [5.74, 6) is 1.57. The third-order valence-electron chi connectivity index (χ3n) is 3.30. The van der Waals surface area contributed by atoms with Gasteiger partial charge in [-0.25, -0.2) is 4.79 Å². The Morgan fingerprint density at radius 3 is 2.79 bits per heavy atom. The van der Waals surface area contributed by atoms with E-state index >= 15 is 0 Å². The van der Waals surface area contributed by atoms with Crippen LogP contribution in [0.4, 0.5) is 0 Å². The van der Waals surface area contributed by atoms with Crippen molar-refractivity contribution in [2.75, 3.05) is 20.5 Å². The minimum atomic E-state index is -0.505. The average molecular weight is 351 g/mol. The van der Waals surface area contributed by atoms with Gasteiger partial charge >= 0.3 is 5.97 Å². The van der Waals surface area contributed by atoms with Gasteiger partial charge in [-0.05, 0) is 29.8 Å². The number of hydrogen-bond acceptors (Lipinski definition) is 6. The largest absolute Gasteiger partial charge is 0.493 e. The normalized spacial score (nSPS) is 11.9. The molecule has 0 amide bonds. The fourth-order valence-corrected chi connectivity index (χ4v) is 2.47. The molecule has 1 heterocycles. The van der Waals surface area contributed by atoms with Crippen molar-refractivity contribution in [2.24, 2.45) is 0 Å². The highest BCUT2D eigenvalue weighted by Crippen LogP contribution is 2.39. The number of rotatable bonds is 6. The first-order valence-corrected chi connectivity index (χ1v) is 7.54. The molecule has 0 saturated carbocycles. The van der Waals surface area contributed by atoms with E-state index in [4.69, 9.17) is 35.3 Å². The second-order valence-electron chi connectivity index (χ2n) is 4.91. The van der Waals surface area contributed by atoms with Crippen molar-refractivity contribution in [1.29, 1.82) is 0 Å². The number of carbonyl (C=O) groups is 1. The molecule has 0 bridgehead atoms. The molecule has 2 aromatic carbocycles. The molecule has 0 saturated heterocycles. The van der Waals surface area contributed by atoms with Gasteiger partial charge in [-0.15, -0.1) is 0 Å². The Morgan fingerprint density at radius 2 is 2.00 bits per heavy atom. The highest BCUT2D eigenvalue weighted by atomic mass is 35.5. The second kappa shape index (κ2) is 7.31. The molecule has 0 aliphatic carbocycles. The molecule has 0 fully saturated rings. The molecular weight excluding hydrogens is 336 g/mol. The lowest BCUT2D eigenvalue weighted by Crippen LogP contribution is -2.15. The van der Waals surface area contributed by atoms with Crippen LogP contribution < -0.4 is 18.9 Å². The maximum atomic E-state index is 11.8. The van der Waals surface area contributed by atoms with Gasteiger partial charge < -0.3 is 23.7 Å². The van der Waals surface area contributed by atoms with Gasteiger partial charge in [-0.3, -0.25) is 0 Å². The Hall–Kier alpha value is -2.60. The molecular formula is C17H15ClO6. The van der Waals surface area contributed by atoms with E-state index in [1.807, 2.05) is 6.07 Å². The van der Waals surface area contributed by atoms with Gasteiger partial charge in [0, 0.05) is 0 Å². The van der Waals surface area contributed by atoms with Crippen molar-refractivity contribution in [3.63, 3.8) is 0 Å². The number of halogens is 1. The summed E-state index contributed by atoms with van der Waals surface area (Å²) in [7, 11) is 1.53. The number of fused-ring (bicyclic) bond motifs is 1. The lowest BCUT2D eigenvalue weighted by molar-refractivity contribution is -0.147. The van der Waals surface area contributed by atoms with Gasteiger partial charge in [0.25, 0.3) is 0 Å². The first-order chi connectivity index (χ1) is 11.7. The van der Waals surface area contributed by atoms with E-state index in [0.717, 1.165) is 0 Å². The van der Waals surface area contributed by atoms with Crippen molar-refractivity contribution in [3.8, 4) is 23.0 Å². The first-order valence-electron chi connectivity index (χ1n) is 7.17. The van der Waals surface area contributed by atoms with E-state index < -0.39 is 5.97 Å². The molecule has 0 spiro atoms. The van der Waals surface area contributed by atoms with E-state index in [2.05, 4.69) is 0 Å². The summed E-state index contributed by atoms with van der Waals surface area (Å²) in [5, 5.41) is 0.418. The molecule has 1 aliphatic rings. The van der Waals surface area contributed by atoms with Crippen LogP contribution in [0, 0.1) is 0 Å². The molecule has 2 aromatic rings. The number of methoxy groups -OCH3 is 1. The van der Waals surface area contributed by atoms with Crippen LogP contribution in [0.2, 0.25) is 5.02 Å². The summed E-state index contributed by atoms with van der Waals surface area (Å²) in [6.07, 6.45) is 0. The Morgan fingerprint density at radius 1 is 1.21 bits per heavy atom. The molecule has 6 nitrogen and oxygen atoms in total. The molecule has 7 heteroatoms. The van der Waals surface area contributed by atoms with Crippen molar-refractivity contribution >= 4 is 17.6 Å². The van der Waals surface area contributed by atoms with E-state index in [-0.39, 0.29) is 20.0 Å². The van der Waals surface area contributed by atoms with Crippen LogP contribution in [0.3, 0.4) is 0 Å². The zero-order valence-electron chi connectivity index (χ0n) is 12.9. The van der Waals surface area contributed by atoms with E-state index in [9.17, 15) is 4.79 Å². The molecule has 0 N–H and O–H groups in total. The Balaban J connectivity index is 1.54. The van der Waals surface area contributed by atoms with Gasteiger partial charge in [-0.2, -0.15) is 0 Å². The van der Waals surface area contributed by atoms with Gasteiger partial charge in [0.1, 0.15) is 6.61 Å². The molecule has 0 atom stereocenters. The molecule has 1 aliphatic heterocycles. The fourth-order valence-electron chi connectivity index (χ4n) is 2.18. The van der Waals surface area contributed by atoms with Gasteiger partial charge in [0.2, 0.25) is 6.79 Å². The number of esters is 1. The van der Waals surface area contributed by atoms with Gasteiger partial charge in [0.15, 0.2) is 29.6 Å². The van der Waals surface area contributed by atoms with E-state index in [1.54, 1.807) is 30.3 Å². The number of ether oxygens (including phenoxy) is 5. The lowest BCUT2D eigenvalue weighted by atomic mass is 10.2. The zero-order chi connectivity index (χ0) is 16.9. The van der Waals surface area contributed by atoms with E-state index in [1.165, 1.54) is 7.11 Å². The minimum Gasteiger partial charge on any atom is -0.493 e. The highest BCUT2D eigenvalue weighted by molar-refractivity contribution is 6.32. The molecule has 0 radical (unpaired) electrons. The Labute approximate surface area is 143 Å². The summed E-state index contributed by atoms with van der Waals surface area (Å²) >= 11 is 6.08. The monoisotopic (exact) mass is 350 g/mol. The van der Waals surface area contributed by atoms with Crippen LogP contribution >= 0.6 is 11.6 Å². The number of benzene rings is 2. The molecule has 126 valence electrons. The summed E-state index contributed by atoms with van der Waals surface area (Å²) < 4.78 is 26.2. The third-order valence-corrected chi connectivity index (χ3v) is 3.58. The summed E-state index contributed by atoms with van der Waals surface area (Å²) in [6, 6.07) is 10.5. The third kappa shape index (κ3) is 3.65. The van der Waals surface area contributed by atoms with Crippen LogP contribution in [0.25, 0.3) is 0 Å². The first kappa shape index (κ1) is 16.3. The van der Waals surface area contributed by atoms with Crippen molar-refractivity contribution in [1.82, 2.24) is 0 Å². The van der Waals surface area contributed by atoms with Crippen LogP contribution in [0.5, 0.6) is 23.0 Å². The molecule has 3 rings (SSSR count). The topological polar surface area (TPSA) is 63.2 Å². The highest BCUT2D eigenvalue weighted by Gasteiger charge is 2.18. The predicted molar refractivity (Wildman–Crippen MR) is 85.9 cm³/mol. The van der Waals surface area contributed by atoms with Crippen molar-refractivity contribution in [2.45, 2.75) is 6.61 Å². The predicted octanol–water partition coefficient (Wildman–Crippen LogP) is 3.20. The smallest absolute Gasteiger partial charge is 0.344 e. The minimum absolute atomic E-state index is 0.0600. The summed E-state index contributed by atoms with van der Waals surface area (Å²) in [6.45, 7) is -0.0336. The average Bonchev–Trinajstić information content (AvgIpc) is 3.07.